The zero-order valence-corrected chi connectivity index (χ0v) is 40.7. The highest BCUT2D eigenvalue weighted by molar-refractivity contribution is 6.14. The highest BCUT2D eigenvalue weighted by Gasteiger charge is 2.23. The number of hydrogen-bond acceptors (Lipinski definition) is 2. The first-order chi connectivity index (χ1) is 37.2. The number of fused-ring (bicyclic) bond motifs is 9. The van der Waals surface area contributed by atoms with Crippen molar-refractivity contribution in [1.82, 2.24) is 23.7 Å². The molecule has 0 aliphatic heterocycles. The zero-order valence-electron chi connectivity index (χ0n) is 40.7. The van der Waals surface area contributed by atoms with Gasteiger partial charge in [0.05, 0.1) is 55.9 Å². The van der Waals surface area contributed by atoms with Gasteiger partial charge in [-0.1, -0.05) is 188 Å². The Morgan fingerprint density at radius 3 is 1.15 bits per heavy atom. The van der Waals surface area contributed by atoms with E-state index in [-0.39, 0.29) is 0 Å². The molecule has 0 amide bonds. The van der Waals surface area contributed by atoms with E-state index in [1.165, 1.54) is 48.9 Å². The molecule has 0 aliphatic rings. The minimum Gasteiger partial charge on any atom is -0.309 e. The summed E-state index contributed by atoms with van der Waals surface area (Å²) in [6, 6.07) is 98.2. The summed E-state index contributed by atoms with van der Waals surface area (Å²) in [6.45, 7) is 0. The van der Waals surface area contributed by atoms with E-state index >= 15 is 0 Å². The fourth-order valence-corrected chi connectivity index (χ4v) is 11.7. The molecule has 0 radical (unpaired) electrons. The van der Waals surface area contributed by atoms with Crippen molar-refractivity contribution in [3.05, 3.63) is 273 Å². The van der Waals surface area contributed by atoms with Crippen LogP contribution < -0.4 is 0 Å². The Labute approximate surface area is 433 Å². The van der Waals surface area contributed by atoms with E-state index in [9.17, 15) is 0 Å². The number of hydrogen-bond donors (Lipinski definition) is 0. The monoisotopic (exact) mass is 955 g/mol. The Morgan fingerprint density at radius 1 is 0.227 bits per heavy atom. The molecule has 0 aliphatic carbocycles. The number of para-hydroxylation sites is 6. The summed E-state index contributed by atoms with van der Waals surface area (Å²) >= 11 is 0. The maximum Gasteiger partial charge on any atom is 0.162 e. The van der Waals surface area contributed by atoms with Crippen LogP contribution >= 0.6 is 0 Å². The lowest BCUT2D eigenvalue weighted by Gasteiger charge is -2.18. The number of rotatable bonds is 8. The topological polar surface area (TPSA) is 40.6 Å². The lowest BCUT2D eigenvalue weighted by Crippen LogP contribution is -2.03. The van der Waals surface area contributed by atoms with E-state index in [0.29, 0.717) is 5.82 Å². The molecule has 11 aromatic carbocycles. The summed E-state index contributed by atoms with van der Waals surface area (Å²) in [5, 5.41) is 7.26. The molecular weight excluding hydrogens is 911 g/mol. The third-order valence-corrected chi connectivity index (χ3v) is 15.1. The van der Waals surface area contributed by atoms with Gasteiger partial charge in [-0.2, -0.15) is 0 Å². The van der Waals surface area contributed by atoms with Gasteiger partial charge in [-0.25, -0.2) is 9.97 Å². The summed E-state index contributed by atoms with van der Waals surface area (Å²) in [6.07, 6.45) is 0. The van der Waals surface area contributed by atoms with Crippen LogP contribution in [0.5, 0.6) is 0 Å². The Hall–Kier alpha value is -10.1. The average molecular weight is 956 g/mol. The lowest BCUT2D eigenvalue weighted by molar-refractivity contribution is 1.14. The van der Waals surface area contributed by atoms with Crippen LogP contribution in [-0.2, 0) is 0 Å². The third-order valence-electron chi connectivity index (χ3n) is 15.1. The van der Waals surface area contributed by atoms with Crippen molar-refractivity contribution in [3.8, 4) is 73.2 Å². The van der Waals surface area contributed by atoms with Crippen molar-refractivity contribution in [2.24, 2.45) is 0 Å². The fraction of sp³-hybridized carbons (Fsp3) is 0. The Bertz CT molecular complexity index is 4590. The second-order valence-corrected chi connectivity index (χ2v) is 19.3. The number of nitrogens with zero attached hydrogens (tertiary/aromatic N) is 5. The number of aromatic nitrogens is 5. The normalized spacial score (nSPS) is 11.7. The van der Waals surface area contributed by atoms with Gasteiger partial charge >= 0.3 is 0 Å². The van der Waals surface area contributed by atoms with Crippen molar-refractivity contribution < 1.29 is 0 Å². The van der Waals surface area contributed by atoms with E-state index in [0.717, 1.165) is 83.9 Å². The molecule has 0 saturated carbocycles. The van der Waals surface area contributed by atoms with Gasteiger partial charge in [0.15, 0.2) is 5.82 Å². The van der Waals surface area contributed by atoms with Crippen LogP contribution in [0.25, 0.3) is 139 Å². The highest BCUT2D eigenvalue weighted by Crippen LogP contribution is 2.43. The van der Waals surface area contributed by atoms with Crippen molar-refractivity contribution >= 4 is 65.4 Å². The second-order valence-electron chi connectivity index (χ2n) is 19.3. The summed E-state index contributed by atoms with van der Waals surface area (Å²) < 4.78 is 7.21. The Kier molecular flexibility index (Phi) is 9.82. The van der Waals surface area contributed by atoms with Gasteiger partial charge in [0.25, 0.3) is 0 Å². The second kappa shape index (κ2) is 17.3. The SMILES string of the molecule is c1ccc(-c2cc(-c3ccccc3)nc(-c3cc(-c4ccccc4-n4c5ccccc5c5ccccc54)ccc3-n3c4ccccc4c4cc(-c5ccc6c(c5)c5ccccc5n6-c5ccccc5)ccc43)n2)cc1. The minimum atomic E-state index is 0.645. The predicted molar refractivity (Wildman–Crippen MR) is 312 cm³/mol. The summed E-state index contributed by atoms with van der Waals surface area (Å²) in [5.41, 5.74) is 19.4. The minimum absolute atomic E-state index is 0.645. The zero-order chi connectivity index (χ0) is 49.4. The summed E-state index contributed by atoms with van der Waals surface area (Å²) in [4.78, 5) is 11.0. The highest BCUT2D eigenvalue weighted by atomic mass is 15.0. The molecule has 0 atom stereocenters. The van der Waals surface area contributed by atoms with Crippen LogP contribution in [0.3, 0.4) is 0 Å². The molecule has 0 N–H and O–H groups in total. The first-order valence-corrected chi connectivity index (χ1v) is 25.6. The van der Waals surface area contributed by atoms with E-state index in [4.69, 9.17) is 9.97 Å². The van der Waals surface area contributed by atoms with Gasteiger partial charge in [0.2, 0.25) is 0 Å². The van der Waals surface area contributed by atoms with Crippen LogP contribution in [0.15, 0.2) is 273 Å². The quantitative estimate of drug-likeness (QED) is 0.152. The maximum atomic E-state index is 5.51. The molecule has 0 bridgehead atoms. The molecule has 15 aromatic rings. The Morgan fingerprint density at radius 2 is 0.613 bits per heavy atom. The van der Waals surface area contributed by atoms with Crippen molar-refractivity contribution in [2.75, 3.05) is 0 Å². The van der Waals surface area contributed by atoms with Crippen LogP contribution in [0.4, 0.5) is 0 Å². The van der Waals surface area contributed by atoms with Gasteiger partial charge in [-0.05, 0) is 102 Å². The first-order valence-electron chi connectivity index (χ1n) is 25.6. The van der Waals surface area contributed by atoms with Crippen LogP contribution in [0.1, 0.15) is 0 Å². The summed E-state index contributed by atoms with van der Waals surface area (Å²) in [5.74, 6) is 0.645. The van der Waals surface area contributed by atoms with E-state index in [1.807, 2.05) is 0 Å². The van der Waals surface area contributed by atoms with Crippen molar-refractivity contribution in [1.29, 1.82) is 0 Å². The molecule has 0 unspecified atom stereocenters. The van der Waals surface area contributed by atoms with E-state index in [1.54, 1.807) is 0 Å². The van der Waals surface area contributed by atoms with Crippen molar-refractivity contribution in [3.63, 3.8) is 0 Å². The van der Waals surface area contributed by atoms with Gasteiger partial charge in [0, 0.05) is 60.3 Å². The molecule has 350 valence electrons. The van der Waals surface area contributed by atoms with Crippen molar-refractivity contribution in [2.45, 2.75) is 0 Å². The van der Waals surface area contributed by atoms with Crippen LogP contribution in [0, 0.1) is 0 Å². The van der Waals surface area contributed by atoms with Gasteiger partial charge < -0.3 is 13.7 Å². The third kappa shape index (κ3) is 6.93. The number of benzene rings is 11. The van der Waals surface area contributed by atoms with Gasteiger partial charge in [-0.15, -0.1) is 0 Å². The van der Waals surface area contributed by atoms with Gasteiger partial charge in [-0.3, -0.25) is 0 Å². The average Bonchev–Trinajstić information content (AvgIpc) is 4.13. The Balaban J connectivity index is 0.963. The fourth-order valence-electron chi connectivity index (χ4n) is 11.7. The molecule has 75 heavy (non-hydrogen) atoms. The predicted octanol–water partition coefficient (Wildman–Crippen LogP) is 18.1. The molecule has 4 aromatic heterocycles. The molecule has 0 fully saturated rings. The van der Waals surface area contributed by atoms with Gasteiger partial charge in [0.1, 0.15) is 0 Å². The van der Waals surface area contributed by atoms with Crippen LogP contribution in [-0.4, -0.2) is 23.7 Å². The molecule has 5 nitrogen and oxygen atoms in total. The molecule has 5 heteroatoms. The van der Waals surface area contributed by atoms with E-state index < -0.39 is 0 Å². The largest absolute Gasteiger partial charge is 0.309 e. The molecule has 0 spiro atoms. The lowest BCUT2D eigenvalue weighted by atomic mass is 9.98. The van der Waals surface area contributed by atoms with Crippen LogP contribution in [0.2, 0.25) is 0 Å². The first kappa shape index (κ1) is 42.6. The standard InChI is InChI=1S/C70H45N5/c1-4-20-46(21-5-1)60-45-61(47-22-6-2-7-23-47)72-70(71-60)59-44-50(52-26-10-15-31-62(52)74-64-33-17-11-27-53(64)54-28-12-18-34-65(54)74)38-41-69(59)75-66-35-19-14-30-56(66)58-43-49(37-40-68(58)75)48-36-39-67-57(42-48)55-29-13-16-32-63(55)73(67)51-24-8-3-9-25-51/h1-45H. The molecule has 0 saturated heterocycles. The maximum absolute atomic E-state index is 5.51. The van der Waals surface area contributed by atoms with E-state index in [2.05, 4.69) is 287 Å². The molecule has 4 heterocycles. The molecule has 15 rings (SSSR count). The molecular formula is C70H45N5. The summed E-state index contributed by atoms with van der Waals surface area (Å²) in [7, 11) is 0. The smallest absolute Gasteiger partial charge is 0.162 e.